The van der Waals surface area contributed by atoms with Gasteiger partial charge in [0.15, 0.2) is 11.1 Å². The largest absolute Gasteiger partial charge is 0.306 e. The summed E-state index contributed by atoms with van der Waals surface area (Å²) < 4.78 is 18.7. The molecular formula is C9H19O2S+. The molecule has 0 rings (SSSR count). The summed E-state index contributed by atoms with van der Waals surface area (Å²) in [5, 5.41) is 0. The van der Waals surface area contributed by atoms with Gasteiger partial charge in [0.2, 0.25) is 0 Å². The van der Waals surface area contributed by atoms with Crippen LogP contribution in [-0.2, 0) is 11.1 Å². The van der Waals surface area contributed by atoms with E-state index in [0.717, 1.165) is 19.3 Å². The highest BCUT2D eigenvalue weighted by atomic mass is 32.2. The second-order valence-corrected chi connectivity index (χ2v) is 4.05. The second-order valence-electron chi connectivity index (χ2n) is 3.00. The fourth-order valence-electron chi connectivity index (χ4n) is 1.11. The van der Waals surface area contributed by atoms with Crippen LogP contribution in [-0.4, -0.2) is 14.5 Å². The van der Waals surface area contributed by atoms with E-state index in [0.29, 0.717) is 5.75 Å². The van der Waals surface area contributed by atoms with Gasteiger partial charge in [-0.1, -0.05) is 19.3 Å². The van der Waals surface area contributed by atoms with Gasteiger partial charge in [0.1, 0.15) is 0 Å². The molecule has 0 aromatic carbocycles. The first-order valence-corrected chi connectivity index (χ1v) is 5.91. The Morgan fingerprint density at radius 1 is 1.00 bits per heavy atom. The molecule has 0 saturated heterocycles. The van der Waals surface area contributed by atoms with Gasteiger partial charge in [-0.2, -0.15) is 0 Å². The monoisotopic (exact) mass is 191 g/mol. The van der Waals surface area contributed by atoms with E-state index in [1.807, 2.05) is 0 Å². The lowest BCUT2D eigenvalue weighted by atomic mass is 10.1. The van der Waals surface area contributed by atoms with Crippen LogP contribution in [0, 0.1) is 6.92 Å². The minimum Gasteiger partial charge on any atom is -0.306 e. The van der Waals surface area contributed by atoms with Crippen molar-refractivity contribution in [2.24, 2.45) is 0 Å². The molecule has 1 atom stereocenters. The summed E-state index contributed by atoms with van der Waals surface area (Å²) in [5.74, 6) is 0.440. The second kappa shape index (κ2) is 9.07. The first-order chi connectivity index (χ1) is 5.77. The highest BCUT2D eigenvalue weighted by Crippen LogP contribution is 2.06. The van der Waals surface area contributed by atoms with Gasteiger partial charge < -0.3 is 4.55 Å². The molecule has 3 heteroatoms. The van der Waals surface area contributed by atoms with Crippen molar-refractivity contribution >= 4 is 11.1 Å². The normalized spacial score (nSPS) is 13.1. The van der Waals surface area contributed by atoms with Crippen LogP contribution in [0.3, 0.4) is 0 Å². The summed E-state index contributed by atoms with van der Waals surface area (Å²) in [6.07, 6.45) is 7.90. The van der Waals surface area contributed by atoms with E-state index in [4.69, 9.17) is 4.55 Å². The molecule has 0 aromatic rings. The first-order valence-electron chi connectivity index (χ1n) is 4.64. The van der Waals surface area contributed by atoms with Crippen molar-refractivity contribution in [3.63, 3.8) is 0 Å². The van der Waals surface area contributed by atoms with Crippen LogP contribution >= 0.6 is 0 Å². The Bertz CT molecular complexity index is 115. The van der Waals surface area contributed by atoms with Crippen LogP contribution < -0.4 is 0 Å². The van der Waals surface area contributed by atoms with Crippen molar-refractivity contribution in [1.29, 1.82) is 0 Å². The molecular weight excluding hydrogens is 172 g/mol. The Labute approximate surface area is 78.0 Å². The van der Waals surface area contributed by atoms with E-state index in [1.165, 1.54) is 25.7 Å². The van der Waals surface area contributed by atoms with Gasteiger partial charge >= 0.3 is 0 Å². The molecule has 12 heavy (non-hydrogen) atoms. The average Bonchev–Trinajstić information content (AvgIpc) is 2.02. The lowest BCUT2D eigenvalue weighted by Crippen LogP contribution is -1.94. The molecule has 1 N–H and O–H groups in total. The standard InChI is InChI=1S/C9H18O2S/c1-2-3-4-5-6-7-8-9-12(10)11/h1-9H2/p+1. The van der Waals surface area contributed by atoms with Crippen molar-refractivity contribution in [2.75, 3.05) is 5.75 Å². The molecule has 0 bridgehead atoms. The van der Waals surface area contributed by atoms with Crippen LogP contribution in [0.5, 0.6) is 0 Å². The minimum absolute atomic E-state index is 0.440. The Kier molecular flexibility index (Phi) is 9.06. The summed E-state index contributed by atoms with van der Waals surface area (Å²) in [4.78, 5) is 0. The SMILES string of the molecule is [CH2+]CCCCCCCCS(=O)O. The van der Waals surface area contributed by atoms with E-state index in [-0.39, 0.29) is 0 Å². The van der Waals surface area contributed by atoms with Crippen molar-refractivity contribution < 1.29 is 8.76 Å². The molecule has 0 aliphatic rings. The lowest BCUT2D eigenvalue weighted by Gasteiger charge is -1.97. The average molecular weight is 191 g/mol. The van der Waals surface area contributed by atoms with Gasteiger partial charge in [0.25, 0.3) is 0 Å². The lowest BCUT2D eigenvalue weighted by molar-refractivity contribution is 0.555. The summed E-state index contributed by atoms with van der Waals surface area (Å²) in [6, 6.07) is 0. The summed E-state index contributed by atoms with van der Waals surface area (Å²) in [5.41, 5.74) is 0. The molecule has 0 spiro atoms. The van der Waals surface area contributed by atoms with Crippen LogP contribution in [0.25, 0.3) is 0 Å². The van der Waals surface area contributed by atoms with Crippen molar-refractivity contribution in [2.45, 2.75) is 44.9 Å². The third-order valence-corrected chi connectivity index (χ3v) is 2.46. The van der Waals surface area contributed by atoms with Gasteiger partial charge in [-0.05, 0) is 19.3 Å². The molecule has 0 fully saturated rings. The quantitative estimate of drug-likeness (QED) is 0.364. The van der Waals surface area contributed by atoms with Crippen LogP contribution in [0.1, 0.15) is 44.9 Å². The fraction of sp³-hybridized carbons (Fsp3) is 0.889. The van der Waals surface area contributed by atoms with Gasteiger partial charge in [-0.25, -0.2) is 4.21 Å². The molecule has 0 aliphatic heterocycles. The zero-order chi connectivity index (χ0) is 9.23. The van der Waals surface area contributed by atoms with E-state index < -0.39 is 11.1 Å². The summed E-state index contributed by atoms with van der Waals surface area (Å²) in [7, 11) is 0. The van der Waals surface area contributed by atoms with Crippen molar-refractivity contribution in [1.82, 2.24) is 0 Å². The summed E-state index contributed by atoms with van der Waals surface area (Å²) in [6.45, 7) is 3.77. The number of hydrogen-bond donors (Lipinski definition) is 1. The minimum atomic E-state index is -1.58. The predicted octanol–water partition coefficient (Wildman–Crippen LogP) is 2.77. The van der Waals surface area contributed by atoms with Crippen molar-refractivity contribution in [3.8, 4) is 0 Å². The topological polar surface area (TPSA) is 37.3 Å². The molecule has 0 radical (unpaired) electrons. The molecule has 0 aliphatic carbocycles. The van der Waals surface area contributed by atoms with Gasteiger partial charge in [-0.15, -0.1) is 0 Å². The van der Waals surface area contributed by atoms with Gasteiger partial charge in [0, 0.05) is 5.75 Å². The van der Waals surface area contributed by atoms with E-state index in [1.54, 1.807) is 0 Å². The fourth-order valence-corrected chi connectivity index (χ4v) is 1.56. The number of unbranched alkanes of at least 4 members (excludes halogenated alkanes) is 6. The third-order valence-electron chi connectivity index (χ3n) is 1.82. The molecule has 72 valence electrons. The van der Waals surface area contributed by atoms with Crippen molar-refractivity contribution in [3.05, 3.63) is 6.92 Å². The molecule has 2 nitrogen and oxygen atoms in total. The maximum absolute atomic E-state index is 10.2. The predicted molar refractivity (Wildman–Crippen MR) is 53.3 cm³/mol. The Morgan fingerprint density at radius 3 is 2.00 bits per heavy atom. The third kappa shape index (κ3) is 9.98. The van der Waals surface area contributed by atoms with Crippen LogP contribution in [0.15, 0.2) is 0 Å². The highest BCUT2D eigenvalue weighted by Gasteiger charge is 1.94. The zero-order valence-electron chi connectivity index (χ0n) is 7.63. The molecule has 0 saturated carbocycles. The molecule has 1 unspecified atom stereocenters. The van der Waals surface area contributed by atoms with Crippen LogP contribution in [0.4, 0.5) is 0 Å². The maximum atomic E-state index is 10.2. The molecule has 0 heterocycles. The smallest absolute Gasteiger partial charge is 0.152 e. The molecule has 0 amide bonds. The number of rotatable bonds is 8. The Balaban J connectivity index is 2.86. The Hall–Kier alpha value is -0.0200. The summed E-state index contributed by atoms with van der Waals surface area (Å²) >= 11 is -1.58. The van der Waals surface area contributed by atoms with Crippen LogP contribution in [0.2, 0.25) is 0 Å². The Morgan fingerprint density at radius 2 is 1.50 bits per heavy atom. The highest BCUT2D eigenvalue weighted by molar-refractivity contribution is 7.79. The van der Waals surface area contributed by atoms with E-state index >= 15 is 0 Å². The maximum Gasteiger partial charge on any atom is 0.152 e. The van der Waals surface area contributed by atoms with Gasteiger partial charge in [0.05, 0.1) is 13.3 Å². The molecule has 0 aromatic heterocycles. The van der Waals surface area contributed by atoms with E-state index in [9.17, 15) is 4.21 Å². The van der Waals surface area contributed by atoms with Gasteiger partial charge in [-0.3, -0.25) is 0 Å². The first kappa shape index (κ1) is 12.0. The van der Waals surface area contributed by atoms with E-state index in [2.05, 4.69) is 6.92 Å². The zero-order valence-corrected chi connectivity index (χ0v) is 8.44. The number of hydrogen-bond acceptors (Lipinski definition) is 1.